The van der Waals surface area contributed by atoms with Crippen LogP contribution in [0.1, 0.15) is 17.5 Å². The van der Waals surface area contributed by atoms with Crippen LogP contribution in [0.5, 0.6) is 0 Å². The lowest BCUT2D eigenvalue weighted by atomic mass is 10.1. The molecule has 2 aromatic carbocycles. The standard InChI is InChI=1S/C19H15ClF3N3O2/c1-11-3-2-4-13-17(11)24-10-26(18(13)28)8-7-16(27)25-12-5-6-15(20)14(9-12)19(21,22)23/h2-6,9-10H,7-8H2,1H3,(H,25,27). The Kier molecular flexibility index (Phi) is 5.42. The van der Waals surface area contributed by atoms with Crippen molar-refractivity contribution in [2.75, 3.05) is 5.32 Å². The van der Waals surface area contributed by atoms with Crippen LogP contribution in [0.3, 0.4) is 0 Å². The summed E-state index contributed by atoms with van der Waals surface area (Å²) in [6, 6.07) is 8.36. The predicted molar refractivity (Wildman–Crippen MR) is 100 cm³/mol. The van der Waals surface area contributed by atoms with Crippen molar-refractivity contribution >= 4 is 34.1 Å². The van der Waals surface area contributed by atoms with Crippen molar-refractivity contribution in [3.8, 4) is 0 Å². The molecule has 0 bridgehead atoms. The zero-order chi connectivity index (χ0) is 20.5. The quantitative estimate of drug-likeness (QED) is 0.694. The second kappa shape index (κ2) is 7.63. The van der Waals surface area contributed by atoms with Crippen molar-refractivity contribution in [3.05, 3.63) is 69.2 Å². The topological polar surface area (TPSA) is 64.0 Å². The third-order valence-corrected chi connectivity index (χ3v) is 4.52. The molecule has 0 aliphatic carbocycles. The zero-order valence-corrected chi connectivity index (χ0v) is 15.4. The highest BCUT2D eigenvalue weighted by atomic mass is 35.5. The summed E-state index contributed by atoms with van der Waals surface area (Å²) >= 11 is 5.56. The van der Waals surface area contributed by atoms with Crippen molar-refractivity contribution < 1.29 is 18.0 Å². The molecule has 1 N–H and O–H groups in total. The molecule has 1 heterocycles. The number of para-hydroxylation sites is 1. The number of halogens is 4. The van der Waals surface area contributed by atoms with Gasteiger partial charge in [0, 0.05) is 18.7 Å². The maximum Gasteiger partial charge on any atom is 0.417 e. The Labute approximate surface area is 162 Å². The molecule has 0 spiro atoms. The summed E-state index contributed by atoms with van der Waals surface area (Å²) in [5, 5.41) is 2.38. The molecule has 0 atom stereocenters. The summed E-state index contributed by atoms with van der Waals surface area (Å²) in [4.78, 5) is 28.8. The van der Waals surface area contributed by atoms with Crippen molar-refractivity contribution in [3.63, 3.8) is 0 Å². The molecule has 28 heavy (non-hydrogen) atoms. The first-order valence-corrected chi connectivity index (χ1v) is 8.66. The number of carbonyl (C=O) groups excluding carboxylic acids is 1. The van der Waals surface area contributed by atoms with E-state index in [-0.39, 0.29) is 24.2 Å². The van der Waals surface area contributed by atoms with Crippen LogP contribution < -0.4 is 10.9 Å². The fraction of sp³-hybridized carbons (Fsp3) is 0.211. The number of carbonyl (C=O) groups is 1. The Morgan fingerprint density at radius 3 is 2.71 bits per heavy atom. The Balaban J connectivity index is 1.73. The molecule has 0 saturated heterocycles. The van der Waals surface area contributed by atoms with E-state index < -0.39 is 22.7 Å². The van der Waals surface area contributed by atoms with Crippen LogP contribution in [0.25, 0.3) is 10.9 Å². The molecule has 0 unspecified atom stereocenters. The fourth-order valence-corrected chi connectivity index (χ4v) is 2.99. The minimum atomic E-state index is -4.62. The number of rotatable bonds is 4. The van der Waals surface area contributed by atoms with Gasteiger partial charge in [-0.3, -0.25) is 14.2 Å². The maximum absolute atomic E-state index is 12.9. The van der Waals surface area contributed by atoms with Crippen LogP contribution in [0, 0.1) is 6.92 Å². The van der Waals surface area contributed by atoms with E-state index >= 15 is 0 Å². The molecule has 1 amide bonds. The third kappa shape index (κ3) is 4.17. The Hall–Kier alpha value is -2.87. The lowest BCUT2D eigenvalue weighted by molar-refractivity contribution is -0.137. The van der Waals surface area contributed by atoms with Crippen LogP contribution in [0.2, 0.25) is 5.02 Å². The number of benzene rings is 2. The molecule has 0 aliphatic heterocycles. The highest BCUT2D eigenvalue weighted by Crippen LogP contribution is 2.36. The number of alkyl halides is 3. The number of aryl methyl sites for hydroxylation is 2. The molecule has 1 aromatic heterocycles. The highest BCUT2D eigenvalue weighted by molar-refractivity contribution is 6.31. The van der Waals surface area contributed by atoms with Gasteiger partial charge in [-0.15, -0.1) is 0 Å². The molecular formula is C19H15ClF3N3O2. The van der Waals surface area contributed by atoms with E-state index in [1.54, 1.807) is 12.1 Å². The van der Waals surface area contributed by atoms with E-state index in [4.69, 9.17) is 11.6 Å². The van der Waals surface area contributed by atoms with E-state index in [1.807, 2.05) is 13.0 Å². The van der Waals surface area contributed by atoms with Gasteiger partial charge in [0.15, 0.2) is 0 Å². The van der Waals surface area contributed by atoms with Crippen molar-refractivity contribution in [2.45, 2.75) is 26.1 Å². The molecular weight excluding hydrogens is 395 g/mol. The minimum absolute atomic E-state index is 0.0265. The van der Waals surface area contributed by atoms with Gasteiger partial charge in [-0.05, 0) is 36.8 Å². The fourth-order valence-electron chi connectivity index (χ4n) is 2.76. The van der Waals surface area contributed by atoms with E-state index in [0.29, 0.717) is 10.9 Å². The molecule has 3 rings (SSSR count). The average molecular weight is 410 g/mol. The molecule has 0 saturated carbocycles. The molecule has 5 nitrogen and oxygen atoms in total. The summed E-state index contributed by atoms with van der Waals surface area (Å²) in [6.45, 7) is 1.88. The smallest absolute Gasteiger partial charge is 0.326 e. The van der Waals surface area contributed by atoms with Gasteiger partial charge in [0.25, 0.3) is 5.56 Å². The van der Waals surface area contributed by atoms with Gasteiger partial charge in [-0.2, -0.15) is 13.2 Å². The van der Waals surface area contributed by atoms with Crippen LogP contribution in [-0.4, -0.2) is 15.5 Å². The molecule has 0 fully saturated rings. The van der Waals surface area contributed by atoms with Gasteiger partial charge >= 0.3 is 6.18 Å². The number of nitrogens with zero attached hydrogens (tertiary/aromatic N) is 2. The molecule has 146 valence electrons. The predicted octanol–water partition coefficient (Wildman–Crippen LogP) is 4.41. The van der Waals surface area contributed by atoms with Crippen molar-refractivity contribution in [1.29, 1.82) is 0 Å². The van der Waals surface area contributed by atoms with Gasteiger partial charge in [0.1, 0.15) is 0 Å². The van der Waals surface area contributed by atoms with Crippen LogP contribution in [0.15, 0.2) is 47.5 Å². The first kappa shape index (κ1) is 19.9. The first-order chi connectivity index (χ1) is 13.2. The Bertz CT molecular complexity index is 1110. The number of anilines is 1. The molecule has 0 aliphatic rings. The summed E-state index contributed by atoms with van der Waals surface area (Å²) in [6.07, 6.45) is -3.38. The number of nitrogens with one attached hydrogen (secondary N) is 1. The van der Waals surface area contributed by atoms with Crippen molar-refractivity contribution in [2.24, 2.45) is 0 Å². The van der Waals surface area contributed by atoms with Crippen LogP contribution in [0.4, 0.5) is 18.9 Å². The average Bonchev–Trinajstić information content (AvgIpc) is 2.62. The van der Waals surface area contributed by atoms with Gasteiger partial charge < -0.3 is 5.32 Å². The normalized spacial score (nSPS) is 11.6. The number of fused-ring (bicyclic) bond motifs is 1. The van der Waals surface area contributed by atoms with Crippen molar-refractivity contribution in [1.82, 2.24) is 9.55 Å². The summed E-state index contributed by atoms with van der Waals surface area (Å²) in [7, 11) is 0. The number of hydrogen-bond donors (Lipinski definition) is 1. The van der Waals surface area contributed by atoms with Gasteiger partial charge in [0.2, 0.25) is 5.91 Å². The second-order valence-corrected chi connectivity index (χ2v) is 6.61. The summed E-state index contributed by atoms with van der Waals surface area (Å²) in [5.74, 6) is -0.535. The summed E-state index contributed by atoms with van der Waals surface area (Å²) < 4.78 is 40.0. The van der Waals surface area contributed by atoms with E-state index in [1.165, 1.54) is 17.0 Å². The summed E-state index contributed by atoms with van der Waals surface area (Å²) in [5.41, 5.74) is 0.114. The molecule has 0 radical (unpaired) electrons. The minimum Gasteiger partial charge on any atom is -0.326 e. The van der Waals surface area contributed by atoms with E-state index in [0.717, 1.165) is 17.7 Å². The van der Waals surface area contributed by atoms with Crippen LogP contribution in [-0.2, 0) is 17.5 Å². The first-order valence-electron chi connectivity index (χ1n) is 8.28. The number of amides is 1. The largest absolute Gasteiger partial charge is 0.417 e. The Morgan fingerprint density at radius 1 is 1.25 bits per heavy atom. The Morgan fingerprint density at radius 2 is 2.00 bits per heavy atom. The third-order valence-electron chi connectivity index (χ3n) is 4.19. The van der Waals surface area contributed by atoms with Gasteiger partial charge in [0.05, 0.1) is 27.8 Å². The SMILES string of the molecule is Cc1cccc2c(=O)n(CCC(=O)Nc3ccc(Cl)c(C(F)(F)F)c3)cnc12. The monoisotopic (exact) mass is 409 g/mol. The number of aromatic nitrogens is 2. The van der Waals surface area contributed by atoms with Gasteiger partial charge in [-0.1, -0.05) is 23.7 Å². The highest BCUT2D eigenvalue weighted by Gasteiger charge is 2.33. The molecule has 3 aromatic rings. The van der Waals surface area contributed by atoms with E-state index in [2.05, 4.69) is 10.3 Å². The second-order valence-electron chi connectivity index (χ2n) is 6.20. The molecule has 9 heteroatoms. The van der Waals surface area contributed by atoms with E-state index in [9.17, 15) is 22.8 Å². The number of hydrogen-bond acceptors (Lipinski definition) is 3. The lowest BCUT2D eigenvalue weighted by Gasteiger charge is -2.12. The van der Waals surface area contributed by atoms with Gasteiger partial charge in [-0.25, -0.2) is 4.98 Å². The zero-order valence-electron chi connectivity index (χ0n) is 14.7. The van der Waals surface area contributed by atoms with Crippen LogP contribution >= 0.6 is 11.6 Å². The maximum atomic E-state index is 12.9. The lowest BCUT2D eigenvalue weighted by Crippen LogP contribution is -2.24.